The second kappa shape index (κ2) is 7.94. The Kier molecular flexibility index (Phi) is 5.15. The van der Waals surface area contributed by atoms with Gasteiger partial charge < -0.3 is 0 Å². The monoisotopic (exact) mass is 438 g/mol. The largest absolute Gasteiger partial charge is 0.0920 e. The summed E-state index contributed by atoms with van der Waals surface area (Å²) in [6, 6.07) is 26.7. The third-order valence-electron chi connectivity index (χ3n) is 5.88. The first-order chi connectivity index (χ1) is 16.0. The van der Waals surface area contributed by atoms with Gasteiger partial charge in [0.05, 0.1) is 0 Å². The molecule has 0 atom stereocenters. The molecule has 0 radical (unpaired) electrons. The summed E-state index contributed by atoms with van der Waals surface area (Å²) in [5.74, 6) is 13.7. The lowest BCUT2D eigenvalue weighted by atomic mass is 9.92. The van der Waals surface area contributed by atoms with E-state index in [1.54, 1.807) is 0 Å². The standard InChI is InChI=1S/C34H30/c1-33(2,3)13-11-23-15-26(12-14-34(4,5)6)32-22-30-20-28-18-25-10-8-7-9-24(25)17-27(28)19-29(30)21-31(32)16-23/h7-10,15-22H,1-6H3. The van der Waals surface area contributed by atoms with Crippen LogP contribution in [0.15, 0.2) is 72.8 Å². The molecule has 0 saturated carbocycles. The third kappa shape index (κ3) is 4.64. The Labute approximate surface area is 203 Å². The molecule has 0 heterocycles. The van der Waals surface area contributed by atoms with Crippen molar-refractivity contribution in [2.45, 2.75) is 41.5 Å². The Bertz CT molecular complexity index is 1710. The first-order valence-electron chi connectivity index (χ1n) is 11.9. The van der Waals surface area contributed by atoms with E-state index in [1.807, 2.05) is 0 Å². The number of hydrogen-bond acceptors (Lipinski definition) is 0. The van der Waals surface area contributed by atoms with E-state index in [-0.39, 0.29) is 10.8 Å². The maximum atomic E-state index is 3.47. The fraction of sp³-hybridized carbons (Fsp3) is 0.235. The number of benzene rings is 5. The minimum Gasteiger partial charge on any atom is -0.0920 e. The lowest BCUT2D eigenvalue weighted by Gasteiger charge is -2.11. The van der Waals surface area contributed by atoms with Crippen LogP contribution in [0.5, 0.6) is 0 Å². The molecule has 5 aromatic carbocycles. The SMILES string of the molecule is CC(C)(C)C#Cc1cc(C#CC(C)(C)C)c2cc3cc4cc5ccccc5cc4cc3cc2c1. The third-order valence-corrected chi connectivity index (χ3v) is 5.88. The Morgan fingerprint density at radius 2 is 0.941 bits per heavy atom. The molecule has 0 heteroatoms. The quantitative estimate of drug-likeness (QED) is 0.167. The summed E-state index contributed by atoms with van der Waals surface area (Å²) in [4.78, 5) is 0. The van der Waals surface area contributed by atoms with Crippen LogP contribution < -0.4 is 0 Å². The Morgan fingerprint density at radius 1 is 0.471 bits per heavy atom. The van der Waals surface area contributed by atoms with Gasteiger partial charge in [-0.1, -0.05) is 47.9 Å². The first-order valence-corrected chi connectivity index (χ1v) is 11.9. The van der Waals surface area contributed by atoms with Gasteiger partial charge in [-0.05, 0) is 133 Å². The molecule has 0 nitrogen and oxygen atoms in total. The van der Waals surface area contributed by atoms with Crippen LogP contribution in [0.25, 0.3) is 43.1 Å². The van der Waals surface area contributed by atoms with Gasteiger partial charge in [0.2, 0.25) is 0 Å². The average molecular weight is 439 g/mol. The van der Waals surface area contributed by atoms with Gasteiger partial charge in [0.25, 0.3) is 0 Å². The highest BCUT2D eigenvalue weighted by molar-refractivity contribution is 6.09. The van der Waals surface area contributed by atoms with Crippen LogP contribution in [0.3, 0.4) is 0 Å². The zero-order valence-corrected chi connectivity index (χ0v) is 20.9. The molecular weight excluding hydrogens is 408 g/mol. The van der Waals surface area contributed by atoms with E-state index in [1.165, 1.54) is 43.1 Å². The molecule has 0 aromatic heterocycles. The molecule has 0 aliphatic carbocycles. The van der Waals surface area contributed by atoms with Crippen LogP contribution in [0.4, 0.5) is 0 Å². The molecular formula is C34H30. The van der Waals surface area contributed by atoms with E-state index in [9.17, 15) is 0 Å². The van der Waals surface area contributed by atoms with Crippen LogP contribution >= 0.6 is 0 Å². The van der Waals surface area contributed by atoms with E-state index in [0.717, 1.165) is 11.1 Å². The van der Waals surface area contributed by atoms with Crippen LogP contribution in [0, 0.1) is 34.5 Å². The fourth-order valence-electron chi connectivity index (χ4n) is 4.25. The second-order valence-electron chi connectivity index (χ2n) is 11.3. The predicted octanol–water partition coefficient (Wildman–Crippen LogP) is 9.09. The summed E-state index contributed by atoms with van der Waals surface area (Å²) < 4.78 is 0. The number of fused-ring (bicyclic) bond motifs is 4. The summed E-state index contributed by atoms with van der Waals surface area (Å²) in [5.41, 5.74) is 1.96. The molecule has 0 N–H and O–H groups in total. The minimum atomic E-state index is -0.0620. The van der Waals surface area contributed by atoms with E-state index in [4.69, 9.17) is 0 Å². The van der Waals surface area contributed by atoms with Crippen molar-refractivity contribution in [3.8, 4) is 23.7 Å². The maximum Gasteiger partial charge on any atom is 0.0336 e. The molecule has 0 aliphatic rings. The molecule has 0 unspecified atom stereocenters. The Morgan fingerprint density at radius 3 is 1.50 bits per heavy atom. The van der Waals surface area contributed by atoms with Gasteiger partial charge in [0.1, 0.15) is 0 Å². The van der Waals surface area contributed by atoms with E-state index in [2.05, 4.69) is 138 Å². The predicted molar refractivity (Wildman–Crippen MR) is 149 cm³/mol. The molecule has 0 saturated heterocycles. The summed E-state index contributed by atoms with van der Waals surface area (Å²) in [6.45, 7) is 12.9. The highest BCUT2D eigenvalue weighted by Gasteiger charge is 2.09. The van der Waals surface area contributed by atoms with Gasteiger partial charge in [0, 0.05) is 22.0 Å². The molecule has 34 heavy (non-hydrogen) atoms. The molecule has 0 amide bonds. The molecule has 5 rings (SSSR count). The maximum absolute atomic E-state index is 3.47. The molecule has 0 aliphatic heterocycles. The van der Waals surface area contributed by atoms with Crippen molar-refractivity contribution in [3.05, 3.63) is 83.9 Å². The van der Waals surface area contributed by atoms with Crippen molar-refractivity contribution < 1.29 is 0 Å². The lowest BCUT2D eigenvalue weighted by Crippen LogP contribution is -2.00. The van der Waals surface area contributed by atoms with Gasteiger partial charge in [0.15, 0.2) is 0 Å². The topological polar surface area (TPSA) is 0 Å². The summed E-state index contributed by atoms with van der Waals surface area (Å²) in [5, 5.41) is 9.93. The van der Waals surface area contributed by atoms with Crippen molar-refractivity contribution in [2.75, 3.05) is 0 Å². The fourth-order valence-corrected chi connectivity index (χ4v) is 4.25. The van der Waals surface area contributed by atoms with Crippen molar-refractivity contribution in [1.29, 1.82) is 0 Å². The molecule has 0 fully saturated rings. The van der Waals surface area contributed by atoms with Gasteiger partial charge in [-0.25, -0.2) is 0 Å². The molecule has 0 bridgehead atoms. The molecule has 0 spiro atoms. The van der Waals surface area contributed by atoms with Crippen molar-refractivity contribution in [1.82, 2.24) is 0 Å². The zero-order valence-electron chi connectivity index (χ0n) is 20.9. The van der Waals surface area contributed by atoms with Gasteiger partial charge >= 0.3 is 0 Å². The smallest absolute Gasteiger partial charge is 0.0336 e. The highest BCUT2D eigenvalue weighted by Crippen LogP contribution is 2.32. The number of hydrogen-bond donors (Lipinski definition) is 0. The van der Waals surface area contributed by atoms with Crippen LogP contribution in [0.1, 0.15) is 52.7 Å². The van der Waals surface area contributed by atoms with Crippen molar-refractivity contribution in [2.24, 2.45) is 10.8 Å². The Hall–Kier alpha value is -3.74. The van der Waals surface area contributed by atoms with Crippen molar-refractivity contribution in [3.63, 3.8) is 0 Å². The normalized spacial score (nSPS) is 11.9. The van der Waals surface area contributed by atoms with E-state index >= 15 is 0 Å². The van der Waals surface area contributed by atoms with Gasteiger partial charge in [-0.15, -0.1) is 0 Å². The summed E-state index contributed by atoms with van der Waals surface area (Å²) >= 11 is 0. The zero-order chi connectivity index (χ0) is 24.1. The minimum absolute atomic E-state index is 0.0444. The van der Waals surface area contributed by atoms with Gasteiger partial charge in [-0.2, -0.15) is 0 Å². The molecule has 166 valence electrons. The number of rotatable bonds is 0. The Balaban J connectivity index is 1.79. The van der Waals surface area contributed by atoms with Crippen LogP contribution in [0.2, 0.25) is 0 Å². The van der Waals surface area contributed by atoms with Gasteiger partial charge in [-0.3, -0.25) is 0 Å². The first kappa shape index (κ1) is 22.1. The lowest BCUT2D eigenvalue weighted by molar-refractivity contribution is 0.570. The second-order valence-corrected chi connectivity index (χ2v) is 11.3. The van der Waals surface area contributed by atoms with E-state index < -0.39 is 0 Å². The summed E-state index contributed by atoms with van der Waals surface area (Å²) in [7, 11) is 0. The van der Waals surface area contributed by atoms with E-state index in [0.29, 0.717) is 0 Å². The van der Waals surface area contributed by atoms with Crippen LogP contribution in [-0.4, -0.2) is 0 Å². The van der Waals surface area contributed by atoms with Crippen molar-refractivity contribution >= 4 is 43.1 Å². The molecule has 5 aromatic rings. The average Bonchev–Trinajstić information content (AvgIpc) is 2.76. The van der Waals surface area contributed by atoms with Crippen LogP contribution in [-0.2, 0) is 0 Å². The highest BCUT2D eigenvalue weighted by atomic mass is 14.1. The summed E-state index contributed by atoms with van der Waals surface area (Å²) in [6.07, 6.45) is 0.